The Kier molecular flexibility index (Phi) is 4.55. The second kappa shape index (κ2) is 6.60. The minimum absolute atomic E-state index is 0.0479. The lowest BCUT2D eigenvalue weighted by molar-refractivity contribution is -0.150. The molecule has 0 bridgehead atoms. The molecule has 2 unspecified atom stereocenters. The van der Waals surface area contributed by atoms with Crippen LogP contribution in [0.15, 0.2) is 30.3 Å². The van der Waals surface area contributed by atoms with E-state index < -0.39 is 17.5 Å². The Hall–Kier alpha value is -2.04. The number of carbonyl (C=O) groups excluding carboxylic acids is 1. The lowest BCUT2D eigenvalue weighted by atomic mass is 9.74. The molecule has 1 aromatic carbocycles. The molecule has 124 valence electrons. The molecule has 2 fully saturated rings. The van der Waals surface area contributed by atoms with Gasteiger partial charge in [0, 0.05) is 13.1 Å². The van der Waals surface area contributed by atoms with E-state index in [0.29, 0.717) is 13.0 Å². The van der Waals surface area contributed by atoms with Gasteiger partial charge in [-0.2, -0.15) is 0 Å². The van der Waals surface area contributed by atoms with Gasteiger partial charge in [0.2, 0.25) is 0 Å². The van der Waals surface area contributed by atoms with Crippen LogP contribution >= 0.6 is 0 Å². The van der Waals surface area contributed by atoms with Crippen LogP contribution < -0.4 is 0 Å². The fourth-order valence-corrected chi connectivity index (χ4v) is 3.93. The standard InChI is InChI=1S/C18H23NO4/c20-16(21)18-10-6-2-5-9-15(18)11-19(13-18)17(22)23-12-14-7-3-1-4-8-14/h1,3-4,7-8,15H,2,5-6,9-13H2,(H,20,21). The molecule has 1 saturated carbocycles. The summed E-state index contributed by atoms with van der Waals surface area (Å²) >= 11 is 0. The fraction of sp³-hybridized carbons (Fsp3) is 0.556. The molecule has 0 aromatic heterocycles. The number of carboxylic acids is 1. The normalized spacial score (nSPS) is 27.1. The molecule has 23 heavy (non-hydrogen) atoms. The quantitative estimate of drug-likeness (QED) is 0.929. The number of ether oxygens (including phenoxy) is 1. The van der Waals surface area contributed by atoms with E-state index in [1.165, 1.54) is 0 Å². The molecule has 0 spiro atoms. The number of benzene rings is 1. The Balaban J connectivity index is 1.65. The van der Waals surface area contributed by atoms with Gasteiger partial charge in [-0.3, -0.25) is 4.79 Å². The van der Waals surface area contributed by atoms with Crippen LogP contribution in [0.1, 0.15) is 37.7 Å². The molecule has 1 heterocycles. The minimum Gasteiger partial charge on any atom is -0.481 e. The number of likely N-dealkylation sites (tertiary alicyclic amines) is 1. The van der Waals surface area contributed by atoms with E-state index in [2.05, 4.69) is 0 Å². The lowest BCUT2D eigenvalue weighted by Gasteiger charge is -2.27. The van der Waals surface area contributed by atoms with Crippen molar-refractivity contribution < 1.29 is 19.4 Å². The molecule has 1 aliphatic carbocycles. The molecular formula is C18H23NO4. The van der Waals surface area contributed by atoms with Crippen molar-refractivity contribution in [1.29, 1.82) is 0 Å². The van der Waals surface area contributed by atoms with Crippen molar-refractivity contribution >= 4 is 12.1 Å². The molecule has 0 radical (unpaired) electrons. The van der Waals surface area contributed by atoms with E-state index in [1.54, 1.807) is 4.90 Å². The van der Waals surface area contributed by atoms with E-state index in [9.17, 15) is 14.7 Å². The average molecular weight is 317 g/mol. The maximum absolute atomic E-state index is 12.3. The van der Waals surface area contributed by atoms with Gasteiger partial charge in [0.25, 0.3) is 0 Å². The highest BCUT2D eigenvalue weighted by molar-refractivity contribution is 5.78. The maximum atomic E-state index is 12.3. The number of rotatable bonds is 3. The van der Waals surface area contributed by atoms with Crippen molar-refractivity contribution in [2.75, 3.05) is 13.1 Å². The van der Waals surface area contributed by atoms with Crippen LogP contribution in [-0.2, 0) is 16.1 Å². The summed E-state index contributed by atoms with van der Waals surface area (Å²) < 4.78 is 5.37. The van der Waals surface area contributed by atoms with Gasteiger partial charge in [0.1, 0.15) is 6.61 Å². The highest BCUT2D eigenvalue weighted by Gasteiger charge is 2.53. The highest BCUT2D eigenvalue weighted by Crippen LogP contribution is 2.45. The number of aliphatic carboxylic acids is 1. The first-order valence-corrected chi connectivity index (χ1v) is 8.31. The van der Waals surface area contributed by atoms with E-state index in [4.69, 9.17) is 4.74 Å². The molecule has 5 nitrogen and oxygen atoms in total. The van der Waals surface area contributed by atoms with Crippen LogP contribution in [0.3, 0.4) is 0 Å². The van der Waals surface area contributed by atoms with Crippen molar-refractivity contribution in [2.45, 2.75) is 38.7 Å². The fourth-order valence-electron chi connectivity index (χ4n) is 3.93. The Morgan fingerprint density at radius 2 is 2.00 bits per heavy atom. The molecule has 1 N–H and O–H groups in total. The lowest BCUT2D eigenvalue weighted by Crippen LogP contribution is -2.39. The number of nitrogens with zero attached hydrogens (tertiary/aromatic N) is 1. The van der Waals surface area contributed by atoms with Gasteiger partial charge < -0.3 is 14.7 Å². The van der Waals surface area contributed by atoms with Crippen LogP contribution in [0.5, 0.6) is 0 Å². The molecule has 3 rings (SSSR count). The third-order valence-electron chi connectivity index (χ3n) is 5.26. The number of carboxylic acid groups (broad SMARTS) is 1. The van der Waals surface area contributed by atoms with Crippen molar-refractivity contribution in [3.8, 4) is 0 Å². The first-order chi connectivity index (χ1) is 11.1. The summed E-state index contributed by atoms with van der Waals surface area (Å²) in [5.41, 5.74) is 0.157. The summed E-state index contributed by atoms with van der Waals surface area (Å²) in [4.78, 5) is 25.8. The topological polar surface area (TPSA) is 66.8 Å². The van der Waals surface area contributed by atoms with E-state index in [1.807, 2.05) is 30.3 Å². The number of carbonyl (C=O) groups is 2. The predicted molar refractivity (Wildman–Crippen MR) is 84.8 cm³/mol. The molecule has 2 atom stereocenters. The molecule has 1 aliphatic heterocycles. The van der Waals surface area contributed by atoms with Crippen molar-refractivity contribution in [2.24, 2.45) is 11.3 Å². The largest absolute Gasteiger partial charge is 0.481 e. The molecule has 2 aliphatic rings. The molecule has 1 amide bonds. The smallest absolute Gasteiger partial charge is 0.410 e. The van der Waals surface area contributed by atoms with Gasteiger partial charge in [0.15, 0.2) is 0 Å². The zero-order valence-electron chi connectivity index (χ0n) is 13.2. The summed E-state index contributed by atoms with van der Waals surface area (Å²) in [5, 5.41) is 9.75. The summed E-state index contributed by atoms with van der Waals surface area (Å²) in [6.45, 7) is 1.00. The first-order valence-electron chi connectivity index (χ1n) is 8.31. The second-order valence-corrected chi connectivity index (χ2v) is 6.68. The summed E-state index contributed by atoms with van der Waals surface area (Å²) in [7, 11) is 0. The monoisotopic (exact) mass is 317 g/mol. The van der Waals surface area contributed by atoms with Gasteiger partial charge in [-0.1, -0.05) is 49.6 Å². The number of hydrogen-bond acceptors (Lipinski definition) is 3. The Bertz CT molecular complexity index is 574. The third-order valence-corrected chi connectivity index (χ3v) is 5.26. The van der Waals surface area contributed by atoms with E-state index in [-0.39, 0.29) is 19.1 Å². The van der Waals surface area contributed by atoms with Gasteiger partial charge in [-0.05, 0) is 24.3 Å². The van der Waals surface area contributed by atoms with Crippen LogP contribution in [0.4, 0.5) is 4.79 Å². The van der Waals surface area contributed by atoms with Crippen LogP contribution in [0, 0.1) is 11.3 Å². The van der Waals surface area contributed by atoms with Gasteiger partial charge >= 0.3 is 12.1 Å². The Labute approximate surface area is 136 Å². The van der Waals surface area contributed by atoms with Crippen LogP contribution in [-0.4, -0.2) is 35.2 Å². The molecule has 1 saturated heterocycles. The van der Waals surface area contributed by atoms with Crippen LogP contribution in [0.2, 0.25) is 0 Å². The average Bonchev–Trinajstić information content (AvgIpc) is 2.82. The number of hydrogen-bond donors (Lipinski definition) is 1. The van der Waals surface area contributed by atoms with Gasteiger partial charge in [-0.25, -0.2) is 4.79 Å². The summed E-state index contributed by atoms with van der Waals surface area (Å²) in [5.74, 6) is -0.713. The van der Waals surface area contributed by atoms with E-state index >= 15 is 0 Å². The van der Waals surface area contributed by atoms with Crippen LogP contribution in [0.25, 0.3) is 0 Å². The van der Waals surface area contributed by atoms with Gasteiger partial charge in [0.05, 0.1) is 5.41 Å². The summed E-state index contributed by atoms with van der Waals surface area (Å²) in [6.07, 6.45) is 4.21. The molecule has 5 heteroatoms. The molecule has 1 aromatic rings. The minimum atomic E-state index is -0.776. The van der Waals surface area contributed by atoms with E-state index in [0.717, 1.165) is 31.2 Å². The summed E-state index contributed by atoms with van der Waals surface area (Å²) in [6, 6.07) is 9.52. The van der Waals surface area contributed by atoms with Gasteiger partial charge in [-0.15, -0.1) is 0 Å². The highest BCUT2D eigenvalue weighted by atomic mass is 16.6. The zero-order valence-corrected chi connectivity index (χ0v) is 13.2. The Morgan fingerprint density at radius 1 is 1.22 bits per heavy atom. The number of amides is 1. The maximum Gasteiger partial charge on any atom is 0.410 e. The predicted octanol–water partition coefficient (Wildman–Crippen LogP) is 3.29. The second-order valence-electron chi connectivity index (χ2n) is 6.68. The van der Waals surface area contributed by atoms with Crippen molar-refractivity contribution in [3.05, 3.63) is 35.9 Å². The first kappa shape index (κ1) is 15.8. The third kappa shape index (κ3) is 3.19. The number of fused-ring (bicyclic) bond motifs is 1. The van der Waals surface area contributed by atoms with Crippen molar-refractivity contribution in [3.63, 3.8) is 0 Å². The Morgan fingerprint density at radius 3 is 2.74 bits per heavy atom. The molecular weight excluding hydrogens is 294 g/mol. The van der Waals surface area contributed by atoms with Crippen molar-refractivity contribution in [1.82, 2.24) is 4.90 Å². The zero-order chi connectivity index (χ0) is 16.3. The SMILES string of the molecule is O=C(OCc1ccccc1)N1CC2CCCCCC2(C(=O)O)C1.